The van der Waals surface area contributed by atoms with Gasteiger partial charge in [-0.1, -0.05) is 12.1 Å². The number of rotatable bonds is 5. The van der Waals surface area contributed by atoms with Gasteiger partial charge in [-0.15, -0.1) is 0 Å². The largest absolute Gasteiger partial charge is 0.454 e. The second-order valence-electron chi connectivity index (χ2n) is 5.00. The highest BCUT2D eigenvalue weighted by atomic mass is 19.1. The molecular formula is C15H18FN3O2. The van der Waals surface area contributed by atoms with Crippen molar-refractivity contribution in [3.05, 3.63) is 58.8 Å². The van der Waals surface area contributed by atoms with Gasteiger partial charge in [-0.2, -0.15) is 0 Å². The number of nitrogens with one attached hydrogen (secondary N) is 1. The number of nitrogen functional groups attached to an aromatic ring is 1. The number of benzene rings is 1. The number of furan rings is 1. The molecule has 0 bridgehead atoms. The fourth-order valence-electron chi connectivity index (χ4n) is 2.14. The number of nitrogens with zero attached hydrogens (tertiary/aromatic N) is 1. The van der Waals surface area contributed by atoms with Crippen LogP contribution in [-0.4, -0.2) is 17.9 Å². The molecule has 0 aliphatic heterocycles. The number of nitrogens with two attached hydrogens (primary N) is 1. The van der Waals surface area contributed by atoms with E-state index < -0.39 is 5.91 Å². The zero-order valence-corrected chi connectivity index (χ0v) is 12.0. The summed E-state index contributed by atoms with van der Waals surface area (Å²) in [7, 11) is 1.92. The third kappa shape index (κ3) is 3.90. The van der Waals surface area contributed by atoms with Crippen molar-refractivity contribution < 1.29 is 13.6 Å². The molecule has 1 amide bonds. The molecule has 0 unspecified atom stereocenters. The molecule has 0 aliphatic rings. The minimum atomic E-state index is -0.445. The summed E-state index contributed by atoms with van der Waals surface area (Å²) in [4.78, 5) is 13.5. The zero-order chi connectivity index (χ0) is 15.4. The number of hydrogen-bond acceptors (Lipinski definition) is 4. The van der Waals surface area contributed by atoms with Gasteiger partial charge in [0.25, 0.3) is 0 Å². The standard InChI is InChI=1S/C15H18FN3O2/c1-10-7-13(21-14(10)15(20)18-17)9-19(2)8-11-3-5-12(16)6-4-11/h3-7H,8-9,17H2,1-2H3,(H,18,20). The molecule has 0 fully saturated rings. The predicted octanol–water partition coefficient (Wildman–Crippen LogP) is 1.96. The van der Waals surface area contributed by atoms with E-state index >= 15 is 0 Å². The maximum Gasteiger partial charge on any atom is 0.301 e. The third-order valence-electron chi connectivity index (χ3n) is 3.10. The first-order chi connectivity index (χ1) is 9.99. The molecule has 1 aromatic heterocycles. The van der Waals surface area contributed by atoms with Crippen molar-refractivity contribution in [2.45, 2.75) is 20.0 Å². The summed E-state index contributed by atoms with van der Waals surface area (Å²) in [6.45, 7) is 2.98. The molecule has 3 N–H and O–H groups in total. The predicted molar refractivity (Wildman–Crippen MR) is 76.7 cm³/mol. The van der Waals surface area contributed by atoms with E-state index in [1.54, 1.807) is 19.1 Å². The van der Waals surface area contributed by atoms with Crippen LogP contribution in [0.2, 0.25) is 0 Å². The average molecular weight is 291 g/mol. The Balaban J connectivity index is 2.01. The van der Waals surface area contributed by atoms with Crippen LogP contribution in [-0.2, 0) is 13.1 Å². The Morgan fingerprint density at radius 2 is 2.00 bits per heavy atom. The minimum Gasteiger partial charge on any atom is -0.454 e. The Kier molecular flexibility index (Phi) is 4.72. The van der Waals surface area contributed by atoms with Crippen LogP contribution >= 0.6 is 0 Å². The van der Waals surface area contributed by atoms with Gasteiger partial charge in [-0.25, -0.2) is 10.2 Å². The molecule has 6 heteroatoms. The Labute approximate surface area is 122 Å². The normalized spacial score (nSPS) is 10.9. The number of halogens is 1. The van der Waals surface area contributed by atoms with Gasteiger partial charge in [-0.05, 0) is 37.7 Å². The van der Waals surface area contributed by atoms with Crippen molar-refractivity contribution in [2.75, 3.05) is 7.05 Å². The lowest BCUT2D eigenvalue weighted by molar-refractivity contribution is 0.0921. The fourth-order valence-corrected chi connectivity index (χ4v) is 2.14. The molecule has 0 saturated carbocycles. The maximum absolute atomic E-state index is 12.9. The van der Waals surface area contributed by atoms with E-state index in [0.29, 0.717) is 18.8 Å². The second-order valence-corrected chi connectivity index (χ2v) is 5.00. The number of hydrazine groups is 1. The first-order valence-electron chi connectivity index (χ1n) is 6.53. The van der Waals surface area contributed by atoms with Gasteiger partial charge in [0, 0.05) is 12.1 Å². The van der Waals surface area contributed by atoms with Gasteiger partial charge in [0.2, 0.25) is 0 Å². The number of aryl methyl sites for hydroxylation is 1. The molecule has 0 aliphatic carbocycles. The lowest BCUT2D eigenvalue weighted by Crippen LogP contribution is -2.30. The summed E-state index contributed by atoms with van der Waals surface area (Å²) < 4.78 is 18.4. The Morgan fingerprint density at radius 1 is 1.33 bits per heavy atom. The topological polar surface area (TPSA) is 71.5 Å². The Bertz CT molecular complexity index is 622. The van der Waals surface area contributed by atoms with Crippen LogP contribution in [0.5, 0.6) is 0 Å². The molecule has 0 radical (unpaired) electrons. The molecule has 0 spiro atoms. The lowest BCUT2D eigenvalue weighted by atomic mass is 10.2. The summed E-state index contributed by atoms with van der Waals surface area (Å²) in [5.41, 5.74) is 3.79. The van der Waals surface area contributed by atoms with Crippen LogP contribution in [0.4, 0.5) is 4.39 Å². The van der Waals surface area contributed by atoms with Gasteiger partial charge in [-0.3, -0.25) is 15.1 Å². The van der Waals surface area contributed by atoms with Gasteiger partial charge in [0.1, 0.15) is 11.6 Å². The first-order valence-corrected chi connectivity index (χ1v) is 6.53. The average Bonchev–Trinajstić information content (AvgIpc) is 2.81. The van der Waals surface area contributed by atoms with Crippen LogP contribution in [0.25, 0.3) is 0 Å². The van der Waals surface area contributed by atoms with E-state index in [-0.39, 0.29) is 11.6 Å². The van der Waals surface area contributed by atoms with Gasteiger partial charge < -0.3 is 4.42 Å². The Hall–Kier alpha value is -2.18. The van der Waals surface area contributed by atoms with E-state index in [4.69, 9.17) is 10.3 Å². The second kappa shape index (κ2) is 6.51. The molecule has 5 nitrogen and oxygen atoms in total. The van der Waals surface area contributed by atoms with Gasteiger partial charge in [0.15, 0.2) is 5.76 Å². The lowest BCUT2D eigenvalue weighted by Gasteiger charge is -2.15. The first kappa shape index (κ1) is 15.2. The zero-order valence-electron chi connectivity index (χ0n) is 12.0. The van der Waals surface area contributed by atoms with Crippen molar-refractivity contribution in [1.29, 1.82) is 0 Å². The van der Waals surface area contributed by atoms with Crippen LogP contribution in [0.3, 0.4) is 0 Å². The summed E-state index contributed by atoms with van der Waals surface area (Å²) in [6.07, 6.45) is 0. The van der Waals surface area contributed by atoms with Crippen molar-refractivity contribution in [3.63, 3.8) is 0 Å². The molecule has 0 atom stereocenters. The number of hydrogen-bond donors (Lipinski definition) is 2. The van der Waals surface area contributed by atoms with Crippen molar-refractivity contribution >= 4 is 5.91 Å². The van der Waals surface area contributed by atoms with E-state index in [1.165, 1.54) is 12.1 Å². The summed E-state index contributed by atoms with van der Waals surface area (Å²) in [5, 5.41) is 0. The quantitative estimate of drug-likeness (QED) is 0.502. The van der Waals surface area contributed by atoms with E-state index in [9.17, 15) is 9.18 Å². The highest BCUT2D eigenvalue weighted by Crippen LogP contribution is 2.17. The molecule has 2 aromatic rings. The smallest absolute Gasteiger partial charge is 0.301 e. The van der Waals surface area contributed by atoms with Crippen LogP contribution in [0, 0.1) is 12.7 Å². The number of carbonyl (C=O) groups excluding carboxylic acids is 1. The van der Waals surface area contributed by atoms with Crippen LogP contribution < -0.4 is 11.3 Å². The van der Waals surface area contributed by atoms with Crippen LogP contribution in [0.15, 0.2) is 34.7 Å². The van der Waals surface area contributed by atoms with Crippen molar-refractivity contribution in [3.8, 4) is 0 Å². The molecule has 2 rings (SSSR count). The van der Waals surface area contributed by atoms with Crippen molar-refractivity contribution in [1.82, 2.24) is 10.3 Å². The molecule has 21 heavy (non-hydrogen) atoms. The number of carbonyl (C=O) groups is 1. The third-order valence-corrected chi connectivity index (χ3v) is 3.10. The highest BCUT2D eigenvalue weighted by Gasteiger charge is 2.15. The monoisotopic (exact) mass is 291 g/mol. The van der Waals surface area contributed by atoms with E-state index in [0.717, 1.165) is 11.1 Å². The van der Waals surface area contributed by atoms with E-state index in [2.05, 4.69) is 5.43 Å². The SMILES string of the molecule is Cc1cc(CN(C)Cc2ccc(F)cc2)oc1C(=O)NN. The van der Waals surface area contributed by atoms with Gasteiger partial charge >= 0.3 is 5.91 Å². The molecule has 1 aromatic carbocycles. The summed E-state index contributed by atoms with van der Waals surface area (Å²) >= 11 is 0. The maximum atomic E-state index is 12.9. The molecule has 112 valence electrons. The van der Waals surface area contributed by atoms with Gasteiger partial charge in [0.05, 0.1) is 6.54 Å². The summed E-state index contributed by atoms with van der Waals surface area (Å²) in [6, 6.07) is 8.17. The highest BCUT2D eigenvalue weighted by molar-refractivity contribution is 5.92. The summed E-state index contributed by atoms with van der Waals surface area (Å²) in [5.74, 6) is 5.30. The van der Waals surface area contributed by atoms with Crippen LogP contribution in [0.1, 0.15) is 27.4 Å². The minimum absolute atomic E-state index is 0.225. The Morgan fingerprint density at radius 3 is 2.62 bits per heavy atom. The molecule has 0 saturated heterocycles. The van der Waals surface area contributed by atoms with Crippen molar-refractivity contribution in [2.24, 2.45) is 5.84 Å². The molecule has 1 heterocycles. The fraction of sp³-hybridized carbons (Fsp3) is 0.267. The number of amides is 1. The molecular weight excluding hydrogens is 273 g/mol. The van der Waals surface area contributed by atoms with E-state index in [1.807, 2.05) is 18.0 Å².